The van der Waals surface area contributed by atoms with Crippen molar-refractivity contribution in [2.45, 2.75) is 0 Å². The topological polar surface area (TPSA) is 82.3 Å². The lowest BCUT2D eigenvalue weighted by Crippen LogP contribution is -2.13. The summed E-state index contributed by atoms with van der Waals surface area (Å²) in [5.74, 6) is -0.316. The van der Waals surface area contributed by atoms with Gasteiger partial charge in [-0.05, 0) is 35.2 Å². The van der Waals surface area contributed by atoms with Gasteiger partial charge in [0.2, 0.25) is 0 Å². The van der Waals surface area contributed by atoms with Crippen molar-refractivity contribution in [2.24, 2.45) is 0 Å². The highest BCUT2D eigenvalue weighted by atomic mass is 79.9. The van der Waals surface area contributed by atoms with Crippen LogP contribution in [0, 0.1) is 11.3 Å². The predicted molar refractivity (Wildman–Crippen MR) is 109 cm³/mol. The molecule has 0 fully saturated rings. The minimum absolute atomic E-state index is 0.0414. The molecule has 0 radical (unpaired) electrons. The number of phenolic OH excluding ortho intramolecular Hbond substituents is 1. The average Bonchev–Trinajstić information content (AvgIpc) is 2.67. The van der Waals surface area contributed by atoms with Crippen molar-refractivity contribution in [3.8, 4) is 17.6 Å². The van der Waals surface area contributed by atoms with E-state index in [0.29, 0.717) is 15.7 Å². The highest BCUT2D eigenvalue weighted by molar-refractivity contribution is 9.10. The molecule has 0 aliphatic heterocycles. The van der Waals surface area contributed by atoms with Crippen molar-refractivity contribution in [1.29, 1.82) is 5.26 Å². The van der Waals surface area contributed by atoms with Gasteiger partial charge in [0, 0.05) is 15.5 Å². The van der Waals surface area contributed by atoms with Crippen LogP contribution >= 0.6 is 15.9 Å². The summed E-state index contributed by atoms with van der Waals surface area (Å²) in [6.45, 7) is 0. The quantitative estimate of drug-likeness (QED) is 0.464. The number of hydrogen-bond acceptors (Lipinski definition) is 4. The van der Waals surface area contributed by atoms with Crippen LogP contribution < -0.4 is 10.1 Å². The van der Waals surface area contributed by atoms with Gasteiger partial charge in [0.15, 0.2) is 11.5 Å². The number of carbonyl (C=O) groups is 1. The Morgan fingerprint density at radius 2 is 1.96 bits per heavy atom. The summed E-state index contributed by atoms with van der Waals surface area (Å²) in [7, 11) is 1.43. The van der Waals surface area contributed by atoms with Crippen LogP contribution in [0.2, 0.25) is 0 Å². The Kier molecular flexibility index (Phi) is 5.43. The van der Waals surface area contributed by atoms with Crippen molar-refractivity contribution in [3.63, 3.8) is 0 Å². The fourth-order valence-electron chi connectivity index (χ4n) is 2.66. The number of nitrogens with one attached hydrogen (secondary N) is 1. The molecule has 3 aromatic carbocycles. The van der Waals surface area contributed by atoms with E-state index in [2.05, 4.69) is 21.2 Å². The maximum atomic E-state index is 12.6. The Hall–Kier alpha value is -3.30. The minimum Gasteiger partial charge on any atom is -0.504 e. The lowest BCUT2D eigenvalue weighted by atomic mass is 10.1. The lowest BCUT2D eigenvalue weighted by Gasteiger charge is -2.09. The highest BCUT2D eigenvalue weighted by Crippen LogP contribution is 2.33. The summed E-state index contributed by atoms with van der Waals surface area (Å²) < 4.78 is 5.61. The Labute approximate surface area is 164 Å². The third kappa shape index (κ3) is 3.94. The van der Waals surface area contributed by atoms with Crippen LogP contribution in [-0.4, -0.2) is 18.1 Å². The maximum Gasteiger partial charge on any atom is 0.266 e. The van der Waals surface area contributed by atoms with Crippen LogP contribution in [-0.2, 0) is 4.79 Å². The summed E-state index contributed by atoms with van der Waals surface area (Å²) in [5, 5.41) is 23.9. The number of methoxy groups -OCH3 is 1. The molecule has 0 unspecified atom stereocenters. The van der Waals surface area contributed by atoms with E-state index in [1.807, 2.05) is 42.5 Å². The number of fused-ring (bicyclic) bond motifs is 1. The molecule has 0 saturated heterocycles. The van der Waals surface area contributed by atoms with Gasteiger partial charge in [-0.15, -0.1) is 0 Å². The molecular formula is C21H15BrN2O3. The fraction of sp³-hybridized carbons (Fsp3) is 0.0476. The number of benzene rings is 3. The Balaban J connectivity index is 1.95. The zero-order chi connectivity index (χ0) is 19.4. The van der Waals surface area contributed by atoms with E-state index in [-0.39, 0.29) is 17.1 Å². The number of phenols is 1. The molecule has 6 heteroatoms. The van der Waals surface area contributed by atoms with Crippen molar-refractivity contribution >= 4 is 44.4 Å². The van der Waals surface area contributed by atoms with Gasteiger partial charge in [-0.25, -0.2) is 0 Å². The first-order valence-electron chi connectivity index (χ1n) is 8.01. The van der Waals surface area contributed by atoms with Crippen LogP contribution in [0.5, 0.6) is 11.5 Å². The number of amides is 1. The number of aromatic hydroxyl groups is 1. The van der Waals surface area contributed by atoms with Crippen molar-refractivity contribution < 1.29 is 14.6 Å². The van der Waals surface area contributed by atoms with E-state index in [0.717, 1.165) is 10.8 Å². The first-order valence-corrected chi connectivity index (χ1v) is 8.80. The van der Waals surface area contributed by atoms with E-state index in [1.54, 1.807) is 12.1 Å². The van der Waals surface area contributed by atoms with Gasteiger partial charge in [-0.2, -0.15) is 5.26 Å². The molecule has 3 aromatic rings. The Morgan fingerprint density at radius 3 is 2.70 bits per heavy atom. The fourth-order valence-corrected chi connectivity index (χ4v) is 3.11. The molecule has 5 nitrogen and oxygen atoms in total. The number of carbonyl (C=O) groups excluding carboxylic acids is 1. The summed E-state index contributed by atoms with van der Waals surface area (Å²) in [6, 6.07) is 18.2. The van der Waals surface area contributed by atoms with Crippen molar-refractivity contribution in [3.05, 3.63) is 70.2 Å². The normalized spacial score (nSPS) is 11.1. The zero-order valence-corrected chi connectivity index (χ0v) is 15.9. The molecule has 0 aromatic heterocycles. The molecule has 134 valence electrons. The zero-order valence-electron chi connectivity index (χ0n) is 14.4. The van der Waals surface area contributed by atoms with Crippen LogP contribution in [0.3, 0.4) is 0 Å². The molecule has 0 aliphatic rings. The third-order valence-corrected chi connectivity index (χ3v) is 4.69. The number of ether oxygens (including phenoxy) is 1. The Bertz CT molecular complexity index is 1100. The molecule has 0 bridgehead atoms. The summed E-state index contributed by atoms with van der Waals surface area (Å²) in [4.78, 5) is 12.6. The second kappa shape index (κ2) is 7.94. The van der Waals surface area contributed by atoms with E-state index in [9.17, 15) is 15.2 Å². The second-order valence-electron chi connectivity index (χ2n) is 5.70. The van der Waals surface area contributed by atoms with Gasteiger partial charge in [-0.1, -0.05) is 52.3 Å². The largest absolute Gasteiger partial charge is 0.504 e. The number of nitriles is 1. The maximum absolute atomic E-state index is 12.6. The molecule has 0 heterocycles. The third-order valence-electron chi connectivity index (χ3n) is 4.00. The average molecular weight is 423 g/mol. The first kappa shape index (κ1) is 18.5. The smallest absolute Gasteiger partial charge is 0.266 e. The standard InChI is InChI=1S/C21H15BrN2O3/c1-27-20-10-14(17(22)11-19(20)25)9-15(12-23)21(26)24-18-8-4-6-13-5-2-3-7-16(13)18/h2-11,25H,1H3,(H,24,26)/b15-9-. The molecular weight excluding hydrogens is 408 g/mol. The van der Waals surface area contributed by atoms with Gasteiger partial charge >= 0.3 is 0 Å². The minimum atomic E-state index is -0.521. The lowest BCUT2D eigenvalue weighted by molar-refractivity contribution is -0.112. The van der Waals surface area contributed by atoms with Gasteiger partial charge in [0.25, 0.3) is 5.91 Å². The molecule has 1 amide bonds. The van der Waals surface area contributed by atoms with Crippen LogP contribution in [0.25, 0.3) is 16.8 Å². The van der Waals surface area contributed by atoms with Gasteiger partial charge in [0.1, 0.15) is 11.6 Å². The second-order valence-corrected chi connectivity index (χ2v) is 6.55. The van der Waals surface area contributed by atoms with E-state index in [4.69, 9.17) is 4.74 Å². The molecule has 3 rings (SSSR count). The van der Waals surface area contributed by atoms with Gasteiger partial charge in [-0.3, -0.25) is 4.79 Å². The molecule has 27 heavy (non-hydrogen) atoms. The molecule has 0 spiro atoms. The van der Waals surface area contributed by atoms with Crippen molar-refractivity contribution in [2.75, 3.05) is 12.4 Å². The highest BCUT2D eigenvalue weighted by Gasteiger charge is 2.13. The summed E-state index contributed by atoms with van der Waals surface area (Å²) in [6.07, 6.45) is 1.44. The van der Waals surface area contributed by atoms with E-state index >= 15 is 0 Å². The van der Waals surface area contributed by atoms with Crippen LogP contribution in [0.15, 0.2) is 64.6 Å². The predicted octanol–water partition coefficient (Wildman–Crippen LogP) is 4.86. The van der Waals surface area contributed by atoms with Gasteiger partial charge in [0.05, 0.1) is 7.11 Å². The van der Waals surface area contributed by atoms with Gasteiger partial charge < -0.3 is 15.2 Å². The first-order chi connectivity index (χ1) is 13.0. The number of hydrogen-bond donors (Lipinski definition) is 2. The van der Waals surface area contributed by atoms with Crippen LogP contribution in [0.1, 0.15) is 5.56 Å². The summed E-state index contributed by atoms with van der Waals surface area (Å²) in [5.41, 5.74) is 1.09. The van der Waals surface area contributed by atoms with E-state index in [1.165, 1.54) is 19.3 Å². The van der Waals surface area contributed by atoms with Crippen LogP contribution in [0.4, 0.5) is 5.69 Å². The molecule has 0 saturated carbocycles. The number of nitrogens with zero attached hydrogens (tertiary/aromatic N) is 1. The van der Waals surface area contributed by atoms with E-state index < -0.39 is 5.91 Å². The molecule has 0 aliphatic carbocycles. The number of anilines is 1. The SMILES string of the molecule is COc1cc(/C=C(/C#N)C(=O)Nc2cccc3ccccc23)c(Br)cc1O. The van der Waals surface area contributed by atoms with Crippen molar-refractivity contribution in [1.82, 2.24) is 0 Å². The summed E-state index contributed by atoms with van der Waals surface area (Å²) >= 11 is 3.32. The molecule has 2 N–H and O–H groups in total. The monoisotopic (exact) mass is 422 g/mol. The molecule has 0 atom stereocenters. The number of rotatable bonds is 4. The number of halogens is 1. The Morgan fingerprint density at radius 1 is 1.22 bits per heavy atom.